The third kappa shape index (κ3) is 1.82. The van der Waals surface area contributed by atoms with E-state index in [9.17, 15) is 0 Å². The van der Waals surface area contributed by atoms with Crippen LogP contribution >= 0.6 is 0 Å². The number of aromatic nitrogens is 2. The van der Waals surface area contributed by atoms with E-state index in [1.165, 1.54) is 5.56 Å². The predicted molar refractivity (Wildman–Crippen MR) is 65.2 cm³/mol. The largest absolute Gasteiger partial charge is 0.379 e. The van der Waals surface area contributed by atoms with Gasteiger partial charge in [-0.05, 0) is 26.3 Å². The van der Waals surface area contributed by atoms with E-state index in [1.807, 2.05) is 13.1 Å². The fourth-order valence-corrected chi connectivity index (χ4v) is 2.43. The molecule has 3 heterocycles. The highest BCUT2D eigenvalue weighted by atomic mass is 16.5. The summed E-state index contributed by atoms with van der Waals surface area (Å²) < 4.78 is 5.51. The number of fused-ring (bicyclic) bond motifs is 1. The lowest BCUT2D eigenvalue weighted by Gasteiger charge is -2.38. The minimum Gasteiger partial charge on any atom is -0.379 e. The van der Waals surface area contributed by atoms with Crippen molar-refractivity contribution in [3.63, 3.8) is 0 Å². The molecule has 90 valence electrons. The maximum atomic E-state index is 5.51. The van der Waals surface area contributed by atoms with Gasteiger partial charge in [-0.3, -0.25) is 0 Å². The second kappa shape index (κ2) is 3.81. The molecule has 0 aliphatic carbocycles. The molecule has 1 saturated heterocycles. The van der Waals surface area contributed by atoms with Crippen LogP contribution in [0.5, 0.6) is 0 Å². The molecule has 0 saturated carbocycles. The lowest BCUT2D eigenvalue weighted by atomic mass is 9.97. The number of aryl methyl sites for hydroxylation is 1. The molecule has 1 fully saturated rings. The molecule has 0 radical (unpaired) electrons. The van der Waals surface area contributed by atoms with Gasteiger partial charge in [-0.25, -0.2) is 9.97 Å². The van der Waals surface area contributed by atoms with Crippen molar-refractivity contribution in [1.29, 1.82) is 0 Å². The Labute approximate surface area is 101 Å². The van der Waals surface area contributed by atoms with E-state index < -0.39 is 0 Å². The highest BCUT2D eigenvalue weighted by Gasteiger charge is 2.35. The Kier molecular flexibility index (Phi) is 2.40. The average molecular weight is 231 g/mol. The first kappa shape index (κ1) is 10.7. The van der Waals surface area contributed by atoms with Gasteiger partial charge in [-0.2, -0.15) is 0 Å². The normalized spacial score (nSPS) is 27.3. The molecule has 0 amide bonds. The van der Waals surface area contributed by atoms with Gasteiger partial charge in [0, 0.05) is 31.1 Å². The molecular weight excluding hydrogens is 214 g/mol. The molecule has 0 aromatic carbocycles. The number of hydrogen-bond donors (Lipinski definition) is 0. The Morgan fingerprint density at radius 3 is 3.12 bits per heavy atom. The third-order valence-electron chi connectivity index (χ3n) is 3.66. The van der Waals surface area contributed by atoms with E-state index in [4.69, 9.17) is 4.74 Å². The van der Waals surface area contributed by atoms with E-state index in [-0.39, 0.29) is 5.54 Å². The Balaban J connectivity index is 1.88. The van der Waals surface area contributed by atoms with Crippen molar-refractivity contribution < 1.29 is 4.74 Å². The molecule has 0 N–H and O–H groups in total. The van der Waals surface area contributed by atoms with E-state index in [1.54, 1.807) is 0 Å². The van der Waals surface area contributed by atoms with Gasteiger partial charge in [-0.1, -0.05) is 0 Å². The maximum Gasteiger partial charge on any atom is 0.125 e. The zero-order chi connectivity index (χ0) is 11.9. The van der Waals surface area contributed by atoms with Crippen LogP contribution in [-0.2, 0) is 11.3 Å². The molecule has 1 aromatic heterocycles. The predicted octanol–water partition coefficient (Wildman–Crippen LogP) is 1.75. The average Bonchev–Trinajstić information content (AvgIpc) is 2.77. The van der Waals surface area contributed by atoms with Crippen molar-refractivity contribution >= 4 is 6.08 Å². The number of hydrogen-bond acceptors (Lipinski definition) is 4. The zero-order valence-corrected chi connectivity index (χ0v) is 10.3. The first-order valence-corrected chi connectivity index (χ1v) is 6.03. The fourth-order valence-electron chi connectivity index (χ4n) is 2.43. The number of nitrogens with zero attached hydrogens (tertiary/aromatic N) is 3. The molecule has 0 spiro atoms. The maximum absolute atomic E-state index is 5.51. The van der Waals surface area contributed by atoms with Crippen LogP contribution in [0.4, 0.5) is 0 Å². The monoisotopic (exact) mass is 231 g/mol. The highest BCUT2D eigenvalue weighted by molar-refractivity contribution is 5.51. The van der Waals surface area contributed by atoms with E-state index in [2.05, 4.69) is 34.1 Å². The van der Waals surface area contributed by atoms with Crippen LogP contribution in [0.3, 0.4) is 0 Å². The lowest BCUT2D eigenvalue weighted by Crippen LogP contribution is -2.44. The summed E-state index contributed by atoms with van der Waals surface area (Å²) in [5, 5.41) is 0. The van der Waals surface area contributed by atoms with Gasteiger partial charge in [0.2, 0.25) is 0 Å². The van der Waals surface area contributed by atoms with Crippen molar-refractivity contribution in [2.45, 2.75) is 32.4 Å². The van der Waals surface area contributed by atoms with Crippen LogP contribution < -0.4 is 0 Å². The van der Waals surface area contributed by atoms with Crippen molar-refractivity contribution in [3.8, 4) is 0 Å². The topological polar surface area (TPSA) is 38.2 Å². The smallest absolute Gasteiger partial charge is 0.125 e. The molecule has 4 nitrogen and oxygen atoms in total. The van der Waals surface area contributed by atoms with Crippen LogP contribution in [0.2, 0.25) is 0 Å². The van der Waals surface area contributed by atoms with Crippen LogP contribution in [-0.4, -0.2) is 33.6 Å². The second-order valence-corrected chi connectivity index (χ2v) is 5.07. The third-order valence-corrected chi connectivity index (χ3v) is 3.66. The summed E-state index contributed by atoms with van der Waals surface area (Å²) in [4.78, 5) is 11.1. The van der Waals surface area contributed by atoms with Crippen LogP contribution in [0.1, 0.15) is 30.4 Å². The van der Waals surface area contributed by atoms with Gasteiger partial charge in [0.1, 0.15) is 5.82 Å². The van der Waals surface area contributed by atoms with Crippen molar-refractivity contribution in [1.82, 2.24) is 14.9 Å². The Morgan fingerprint density at radius 2 is 2.35 bits per heavy atom. The summed E-state index contributed by atoms with van der Waals surface area (Å²) in [6.45, 7) is 6.72. The minimum atomic E-state index is 0.124. The molecule has 0 bridgehead atoms. The molecule has 1 atom stereocenters. The molecular formula is C13H17N3O. The molecule has 17 heavy (non-hydrogen) atoms. The number of ether oxygens (including phenoxy) is 1. The van der Waals surface area contributed by atoms with Gasteiger partial charge < -0.3 is 9.64 Å². The first-order chi connectivity index (χ1) is 8.17. The van der Waals surface area contributed by atoms with Gasteiger partial charge in [-0.15, -0.1) is 0 Å². The van der Waals surface area contributed by atoms with Crippen LogP contribution in [0.25, 0.3) is 6.08 Å². The second-order valence-electron chi connectivity index (χ2n) is 5.07. The van der Waals surface area contributed by atoms with Gasteiger partial charge >= 0.3 is 0 Å². The van der Waals surface area contributed by atoms with E-state index in [0.717, 1.165) is 37.7 Å². The van der Waals surface area contributed by atoms with Crippen molar-refractivity contribution in [3.05, 3.63) is 29.5 Å². The minimum absolute atomic E-state index is 0.124. The Bertz CT molecular complexity index is 464. The van der Waals surface area contributed by atoms with Gasteiger partial charge in [0.15, 0.2) is 0 Å². The van der Waals surface area contributed by atoms with Crippen molar-refractivity contribution in [2.75, 3.05) is 13.2 Å². The highest BCUT2D eigenvalue weighted by Crippen LogP contribution is 2.30. The van der Waals surface area contributed by atoms with E-state index >= 15 is 0 Å². The number of rotatable bonds is 1. The SMILES string of the molecule is Cc1ncc2c(n1)C=CN(C1(C)CCOC1)C2. The molecule has 1 aromatic rings. The van der Waals surface area contributed by atoms with Crippen LogP contribution in [0.15, 0.2) is 12.4 Å². The summed E-state index contributed by atoms with van der Waals surface area (Å²) in [7, 11) is 0. The lowest BCUT2D eigenvalue weighted by molar-refractivity contribution is 0.111. The summed E-state index contributed by atoms with van der Waals surface area (Å²) in [5.74, 6) is 0.831. The Hall–Kier alpha value is -1.42. The first-order valence-electron chi connectivity index (χ1n) is 6.03. The molecule has 4 heteroatoms. The molecule has 1 unspecified atom stereocenters. The van der Waals surface area contributed by atoms with Crippen LogP contribution in [0, 0.1) is 6.92 Å². The zero-order valence-electron chi connectivity index (χ0n) is 10.3. The molecule has 2 aliphatic rings. The fraction of sp³-hybridized carbons (Fsp3) is 0.538. The van der Waals surface area contributed by atoms with E-state index in [0.29, 0.717) is 0 Å². The Morgan fingerprint density at radius 1 is 1.47 bits per heavy atom. The quantitative estimate of drug-likeness (QED) is 0.738. The van der Waals surface area contributed by atoms with Gasteiger partial charge in [0.25, 0.3) is 0 Å². The molecule has 2 aliphatic heterocycles. The summed E-state index contributed by atoms with van der Waals surface area (Å²) in [6.07, 6.45) is 7.24. The van der Waals surface area contributed by atoms with Crippen molar-refractivity contribution in [2.24, 2.45) is 0 Å². The standard InChI is InChI=1S/C13H17N3O/c1-10-14-7-11-8-16(5-3-12(11)15-10)13(2)4-6-17-9-13/h3,5,7H,4,6,8-9H2,1-2H3. The summed E-state index contributed by atoms with van der Waals surface area (Å²) >= 11 is 0. The van der Waals surface area contributed by atoms with Gasteiger partial charge in [0.05, 0.1) is 17.8 Å². The summed E-state index contributed by atoms with van der Waals surface area (Å²) in [5.41, 5.74) is 2.38. The summed E-state index contributed by atoms with van der Waals surface area (Å²) in [6, 6.07) is 0. The molecule has 3 rings (SSSR count).